The molecule has 1 aromatic heterocycles. The molecular formula is C17H20N2O2S. The van der Waals surface area contributed by atoms with Crippen molar-refractivity contribution in [2.75, 3.05) is 18.1 Å². The van der Waals surface area contributed by atoms with Crippen LogP contribution in [0, 0.1) is 13.8 Å². The van der Waals surface area contributed by atoms with Gasteiger partial charge in [0.25, 0.3) is 5.91 Å². The van der Waals surface area contributed by atoms with Gasteiger partial charge in [0.15, 0.2) is 0 Å². The van der Waals surface area contributed by atoms with Crippen molar-refractivity contribution in [3.05, 3.63) is 41.1 Å². The van der Waals surface area contributed by atoms with Gasteiger partial charge in [-0.1, -0.05) is 11.6 Å². The van der Waals surface area contributed by atoms with Crippen molar-refractivity contribution < 1.29 is 9.90 Å². The smallest absolute Gasteiger partial charge is 0.253 e. The first-order valence-electron chi connectivity index (χ1n) is 7.43. The van der Waals surface area contributed by atoms with Crippen molar-refractivity contribution in [1.29, 1.82) is 0 Å². The van der Waals surface area contributed by atoms with Crippen molar-refractivity contribution >= 4 is 28.6 Å². The van der Waals surface area contributed by atoms with Crippen LogP contribution in [0.25, 0.3) is 10.9 Å². The maximum Gasteiger partial charge on any atom is 0.253 e. The summed E-state index contributed by atoms with van der Waals surface area (Å²) < 4.78 is 0. The monoisotopic (exact) mass is 316 g/mol. The van der Waals surface area contributed by atoms with E-state index in [9.17, 15) is 9.90 Å². The van der Waals surface area contributed by atoms with Gasteiger partial charge in [-0.3, -0.25) is 9.78 Å². The number of hydrogen-bond acceptors (Lipinski definition) is 4. The molecule has 1 aliphatic heterocycles. The van der Waals surface area contributed by atoms with Crippen LogP contribution < -0.4 is 5.32 Å². The van der Waals surface area contributed by atoms with Crippen molar-refractivity contribution in [3.8, 4) is 0 Å². The molecule has 2 heterocycles. The molecule has 1 fully saturated rings. The molecule has 0 aliphatic carbocycles. The lowest BCUT2D eigenvalue weighted by Crippen LogP contribution is -2.43. The first-order valence-corrected chi connectivity index (χ1v) is 8.59. The first-order chi connectivity index (χ1) is 10.5. The van der Waals surface area contributed by atoms with Crippen LogP contribution >= 0.6 is 11.8 Å². The number of nitrogens with one attached hydrogen (secondary N) is 1. The molecule has 2 N–H and O–H groups in total. The fourth-order valence-electron chi connectivity index (χ4n) is 2.70. The van der Waals surface area contributed by atoms with E-state index in [1.54, 1.807) is 11.8 Å². The molecule has 1 atom stereocenters. The predicted molar refractivity (Wildman–Crippen MR) is 90.4 cm³/mol. The first kappa shape index (κ1) is 15.3. The minimum Gasteiger partial charge on any atom is -0.387 e. The number of aliphatic hydroxyl groups is 1. The fourth-order valence-corrected chi connectivity index (χ4v) is 3.99. The quantitative estimate of drug-likeness (QED) is 0.913. The van der Waals surface area contributed by atoms with Gasteiger partial charge in [-0.05, 0) is 44.2 Å². The van der Waals surface area contributed by atoms with Gasteiger partial charge in [-0.15, -0.1) is 0 Å². The molecule has 2 aromatic rings. The van der Waals surface area contributed by atoms with Gasteiger partial charge < -0.3 is 10.4 Å². The molecule has 5 heteroatoms. The number of benzene rings is 1. The van der Waals surface area contributed by atoms with E-state index in [4.69, 9.17) is 0 Å². The average molecular weight is 316 g/mol. The summed E-state index contributed by atoms with van der Waals surface area (Å²) in [5.74, 6) is 1.46. The Balaban J connectivity index is 1.82. The second-order valence-electron chi connectivity index (χ2n) is 6.03. The van der Waals surface area contributed by atoms with Gasteiger partial charge in [-0.25, -0.2) is 0 Å². The minimum absolute atomic E-state index is 0.168. The van der Waals surface area contributed by atoms with Crippen LogP contribution in [0.3, 0.4) is 0 Å². The zero-order valence-corrected chi connectivity index (χ0v) is 13.7. The summed E-state index contributed by atoms with van der Waals surface area (Å²) in [6.07, 6.45) is 0.728. The summed E-state index contributed by atoms with van der Waals surface area (Å²) in [6.45, 7) is 4.16. The Kier molecular flexibility index (Phi) is 4.10. The summed E-state index contributed by atoms with van der Waals surface area (Å²) in [7, 11) is 0. The van der Waals surface area contributed by atoms with E-state index in [1.807, 2.05) is 38.1 Å². The molecule has 4 nitrogen and oxygen atoms in total. The van der Waals surface area contributed by atoms with Gasteiger partial charge in [-0.2, -0.15) is 11.8 Å². The van der Waals surface area contributed by atoms with Crippen LogP contribution in [0.2, 0.25) is 0 Å². The van der Waals surface area contributed by atoms with Gasteiger partial charge in [0, 0.05) is 17.7 Å². The van der Waals surface area contributed by atoms with Crippen molar-refractivity contribution in [2.24, 2.45) is 0 Å². The van der Waals surface area contributed by atoms with Crippen LogP contribution in [-0.2, 0) is 0 Å². The number of rotatable bonds is 3. The number of nitrogens with zero attached hydrogens (tertiary/aromatic N) is 1. The molecule has 0 radical (unpaired) electrons. The molecule has 1 aliphatic rings. The maximum absolute atomic E-state index is 12.4. The Morgan fingerprint density at radius 1 is 1.41 bits per heavy atom. The summed E-state index contributed by atoms with van der Waals surface area (Å²) in [5.41, 5.74) is 2.55. The van der Waals surface area contributed by atoms with E-state index < -0.39 is 5.60 Å². The number of amides is 1. The molecule has 1 aromatic carbocycles. The number of hydrogen-bond donors (Lipinski definition) is 2. The Hall–Kier alpha value is -1.59. The number of pyridine rings is 1. The lowest BCUT2D eigenvalue weighted by Gasteiger charge is -2.21. The summed E-state index contributed by atoms with van der Waals surface area (Å²) in [6, 6.07) is 7.90. The summed E-state index contributed by atoms with van der Waals surface area (Å²) in [5, 5.41) is 14.1. The van der Waals surface area contributed by atoms with Crippen molar-refractivity contribution in [3.63, 3.8) is 0 Å². The van der Waals surface area contributed by atoms with E-state index in [0.717, 1.165) is 28.6 Å². The highest BCUT2D eigenvalue weighted by molar-refractivity contribution is 7.99. The second kappa shape index (κ2) is 5.89. The van der Waals surface area contributed by atoms with Crippen molar-refractivity contribution in [2.45, 2.75) is 25.9 Å². The normalized spacial score (nSPS) is 21.2. The van der Waals surface area contributed by atoms with Crippen LogP contribution in [0.5, 0.6) is 0 Å². The number of carbonyl (C=O) groups excluding carboxylic acids is 1. The van der Waals surface area contributed by atoms with E-state index in [1.165, 1.54) is 0 Å². The zero-order valence-electron chi connectivity index (χ0n) is 12.8. The standard InChI is InChI=1S/C17H20N2O2S/c1-11-3-4-15-13(7-11)8-14(12(2)19-15)16(20)18-9-17(21)5-6-22-10-17/h3-4,7-8,21H,5-6,9-10H2,1-2H3,(H,18,20). The average Bonchev–Trinajstić information content (AvgIpc) is 2.92. The molecule has 3 rings (SSSR count). The van der Waals surface area contributed by atoms with Gasteiger partial charge in [0.2, 0.25) is 0 Å². The minimum atomic E-state index is -0.769. The van der Waals surface area contributed by atoms with Crippen LogP contribution in [0.15, 0.2) is 24.3 Å². The highest BCUT2D eigenvalue weighted by Gasteiger charge is 2.32. The van der Waals surface area contributed by atoms with E-state index in [0.29, 0.717) is 23.6 Å². The Labute approximate surface area is 134 Å². The molecule has 0 bridgehead atoms. The summed E-state index contributed by atoms with van der Waals surface area (Å²) in [4.78, 5) is 16.9. The second-order valence-corrected chi connectivity index (χ2v) is 7.13. The highest BCUT2D eigenvalue weighted by atomic mass is 32.2. The highest BCUT2D eigenvalue weighted by Crippen LogP contribution is 2.27. The lowest BCUT2D eigenvalue weighted by molar-refractivity contribution is 0.0612. The maximum atomic E-state index is 12.4. The van der Waals surface area contributed by atoms with Gasteiger partial charge in [0.1, 0.15) is 0 Å². The molecule has 0 saturated carbocycles. The summed E-state index contributed by atoms with van der Waals surface area (Å²) >= 11 is 1.72. The third-order valence-electron chi connectivity index (χ3n) is 4.07. The zero-order chi connectivity index (χ0) is 15.7. The SMILES string of the molecule is Cc1ccc2nc(C)c(C(=O)NCC3(O)CCSC3)cc2c1. The van der Waals surface area contributed by atoms with Crippen molar-refractivity contribution in [1.82, 2.24) is 10.3 Å². The molecule has 116 valence electrons. The Morgan fingerprint density at radius 2 is 2.23 bits per heavy atom. The van der Waals surface area contributed by atoms with Gasteiger partial charge in [0.05, 0.1) is 22.4 Å². The van der Waals surface area contributed by atoms with E-state index in [2.05, 4.69) is 10.3 Å². The van der Waals surface area contributed by atoms with E-state index >= 15 is 0 Å². The molecule has 0 spiro atoms. The Morgan fingerprint density at radius 3 is 2.95 bits per heavy atom. The molecular weight excluding hydrogens is 296 g/mol. The lowest BCUT2D eigenvalue weighted by atomic mass is 10.0. The molecule has 1 amide bonds. The number of fused-ring (bicyclic) bond motifs is 1. The third-order valence-corrected chi connectivity index (χ3v) is 5.30. The number of aromatic nitrogens is 1. The van der Waals surface area contributed by atoms with Gasteiger partial charge >= 0.3 is 0 Å². The Bertz CT molecular complexity index is 724. The molecule has 1 saturated heterocycles. The van der Waals surface area contributed by atoms with Crippen LogP contribution in [-0.4, -0.2) is 39.6 Å². The predicted octanol–water partition coefficient (Wildman–Crippen LogP) is 2.45. The molecule has 22 heavy (non-hydrogen) atoms. The van der Waals surface area contributed by atoms with Crippen LogP contribution in [0.4, 0.5) is 0 Å². The van der Waals surface area contributed by atoms with Crippen LogP contribution in [0.1, 0.15) is 28.0 Å². The molecule has 1 unspecified atom stereocenters. The van der Waals surface area contributed by atoms with E-state index in [-0.39, 0.29) is 5.91 Å². The largest absolute Gasteiger partial charge is 0.387 e. The topological polar surface area (TPSA) is 62.2 Å². The fraction of sp³-hybridized carbons (Fsp3) is 0.412. The number of thioether (sulfide) groups is 1. The number of aryl methyl sites for hydroxylation is 2. The third kappa shape index (κ3) is 3.10. The number of carbonyl (C=O) groups is 1.